The summed E-state index contributed by atoms with van der Waals surface area (Å²) in [4.78, 5) is 10.3. The lowest BCUT2D eigenvalue weighted by molar-refractivity contribution is 0.195. The highest BCUT2D eigenvalue weighted by Gasteiger charge is 2.04. The summed E-state index contributed by atoms with van der Waals surface area (Å²) in [5, 5.41) is 16.5. The Morgan fingerprint density at radius 1 is 1.17 bits per heavy atom. The Bertz CT molecular complexity index is 572. The molecule has 0 bridgehead atoms. The SMILES string of the molecule is O=C(O)NCCNc1ccc2ccccc2c1Cl. The fourth-order valence-electron chi connectivity index (χ4n) is 1.74. The average Bonchev–Trinajstić information content (AvgIpc) is 2.37. The molecule has 0 aliphatic heterocycles. The van der Waals surface area contributed by atoms with Gasteiger partial charge in [0.05, 0.1) is 10.7 Å². The van der Waals surface area contributed by atoms with Crippen molar-refractivity contribution in [1.29, 1.82) is 0 Å². The third-order valence-corrected chi connectivity index (χ3v) is 2.99. The molecule has 0 saturated heterocycles. The molecule has 0 aliphatic carbocycles. The molecule has 2 rings (SSSR count). The van der Waals surface area contributed by atoms with Crippen molar-refractivity contribution in [3.05, 3.63) is 41.4 Å². The molecule has 94 valence electrons. The molecular formula is C13H13ClN2O2. The van der Waals surface area contributed by atoms with Gasteiger partial charge in [-0.3, -0.25) is 0 Å². The lowest BCUT2D eigenvalue weighted by Crippen LogP contribution is -2.26. The molecule has 0 heterocycles. The Balaban J connectivity index is 2.09. The largest absolute Gasteiger partial charge is 0.465 e. The smallest absolute Gasteiger partial charge is 0.404 e. The van der Waals surface area contributed by atoms with E-state index in [2.05, 4.69) is 10.6 Å². The van der Waals surface area contributed by atoms with Crippen LogP contribution in [0.4, 0.5) is 10.5 Å². The zero-order chi connectivity index (χ0) is 13.0. The van der Waals surface area contributed by atoms with Gasteiger partial charge in [-0.15, -0.1) is 0 Å². The van der Waals surface area contributed by atoms with E-state index in [1.807, 2.05) is 36.4 Å². The summed E-state index contributed by atoms with van der Waals surface area (Å²) in [6.07, 6.45) is -1.03. The van der Waals surface area contributed by atoms with Crippen LogP contribution in [0, 0.1) is 0 Å². The molecule has 0 radical (unpaired) electrons. The first-order valence-corrected chi connectivity index (χ1v) is 5.94. The maximum Gasteiger partial charge on any atom is 0.404 e. The van der Waals surface area contributed by atoms with Gasteiger partial charge in [0.25, 0.3) is 0 Å². The second-order valence-electron chi connectivity index (χ2n) is 3.81. The van der Waals surface area contributed by atoms with E-state index in [1.165, 1.54) is 0 Å². The highest BCUT2D eigenvalue weighted by atomic mass is 35.5. The number of halogens is 1. The van der Waals surface area contributed by atoms with Crippen molar-refractivity contribution in [3.63, 3.8) is 0 Å². The minimum absolute atomic E-state index is 0.332. The first-order valence-electron chi connectivity index (χ1n) is 5.56. The second kappa shape index (κ2) is 5.60. The first-order chi connectivity index (χ1) is 8.68. The minimum atomic E-state index is -1.03. The molecule has 0 spiro atoms. The quantitative estimate of drug-likeness (QED) is 0.744. The predicted molar refractivity (Wildman–Crippen MR) is 73.5 cm³/mol. The highest BCUT2D eigenvalue weighted by molar-refractivity contribution is 6.38. The van der Waals surface area contributed by atoms with E-state index in [0.29, 0.717) is 18.1 Å². The molecule has 0 aliphatic rings. The van der Waals surface area contributed by atoms with Gasteiger partial charge in [0.2, 0.25) is 0 Å². The Labute approximate surface area is 110 Å². The van der Waals surface area contributed by atoms with Crippen molar-refractivity contribution in [2.75, 3.05) is 18.4 Å². The van der Waals surface area contributed by atoms with Crippen molar-refractivity contribution in [2.24, 2.45) is 0 Å². The zero-order valence-electron chi connectivity index (χ0n) is 9.61. The molecule has 0 fully saturated rings. The molecule has 5 heteroatoms. The fraction of sp³-hybridized carbons (Fsp3) is 0.154. The predicted octanol–water partition coefficient (Wildman–Crippen LogP) is 3.17. The molecular weight excluding hydrogens is 252 g/mol. The third kappa shape index (κ3) is 2.84. The Morgan fingerprint density at radius 3 is 2.72 bits per heavy atom. The number of hydrogen-bond acceptors (Lipinski definition) is 2. The van der Waals surface area contributed by atoms with E-state index >= 15 is 0 Å². The maximum atomic E-state index is 10.3. The molecule has 2 aromatic carbocycles. The van der Waals surface area contributed by atoms with Crippen LogP contribution in [0.25, 0.3) is 10.8 Å². The van der Waals surface area contributed by atoms with Crippen LogP contribution in [0.2, 0.25) is 5.02 Å². The minimum Gasteiger partial charge on any atom is -0.465 e. The normalized spacial score (nSPS) is 10.3. The van der Waals surface area contributed by atoms with Crippen LogP contribution in [0.1, 0.15) is 0 Å². The van der Waals surface area contributed by atoms with Crippen LogP contribution in [-0.4, -0.2) is 24.3 Å². The number of hydrogen-bond donors (Lipinski definition) is 3. The van der Waals surface area contributed by atoms with Crippen LogP contribution >= 0.6 is 11.6 Å². The molecule has 0 unspecified atom stereocenters. The fourth-order valence-corrected chi connectivity index (χ4v) is 2.04. The molecule has 18 heavy (non-hydrogen) atoms. The number of fused-ring (bicyclic) bond motifs is 1. The van der Waals surface area contributed by atoms with Crippen LogP contribution in [0.5, 0.6) is 0 Å². The summed E-state index contributed by atoms with van der Waals surface area (Å²) in [5.74, 6) is 0. The van der Waals surface area contributed by atoms with Gasteiger partial charge >= 0.3 is 6.09 Å². The van der Waals surface area contributed by atoms with Gasteiger partial charge in [-0.2, -0.15) is 0 Å². The summed E-state index contributed by atoms with van der Waals surface area (Å²) in [6.45, 7) is 0.822. The Hall–Kier alpha value is -1.94. The van der Waals surface area contributed by atoms with Crippen molar-refractivity contribution >= 4 is 34.2 Å². The van der Waals surface area contributed by atoms with E-state index in [1.54, 1.807) is 0 Å². The van der Waals surface area contributed by atoms with Crippen molar-refractivity contribution in [2.45, 2.75) is 0 Å². The maximum absolute atomic E-state index is 10.3. The molecule has 0 atom stereocenters. The average molecular weight is 265 g/mol. The van der Waals surface area contributed by atoms with Gasteiger partial charge in [0, 0.05) is 18.5 Å². The summed E-state index contributed by atoms with van der Waals surface area (Å²) < 4.78 is 0. The molecule has 3 N–H and O–H groups in total. The zero-order valence-corrected chi connectivity index (χ0v) is 10.4. The molecule has 2 aromatic rings. The summed E-state index contributed by atoms with van der Waals surface area (Å²) in [5.41, 5.74) is 0.808. The van der Waals surface area contributed by atoms with E-state index < -0.39 is 6.09 Å². The number of rotatable bonds is 4. The Morgan fingerprint density at radius 2 is 1.94 bits per heavy atom. The van der Waals surface area contributed by atoms with Crippen LogP contribution in [-0.2, 0) is 0 Å². The molecule has 1 amide bonds. The lowest BCUT2D eigenvalue weighted by Gasteiger charge is -2.10. The Kier molecular flexibility index (Phi) is 3.89. The number of anilines is 1. The number of carbonyl (C=O) groups is 1. The standard InChI is InChI=1S/C13H13ClN2O2/c14-12-10-4-2-1-3-9(10)5-6-11(12)15-7-8-16-13(17)18/h1-6,15-16H,7-8H2,(H,17,18). The molecule has 0 saturated carbocycles. The van der Waals surface area contributed by atoms with Gasteiger partial charge in [-0.05, 0) is 11.5 Å². The number of benzene rings is 2. The number of amides is 1. The van der Waals surface area contributed by atoms with Gasteiger partial charge < -0.3 is 15.7 Å². The molecule has 4 nitrogen and oxygen atoms in total. The van der Waals surface area contributed by atoms with E-state index in [9.17, 15) is 4.79 Å². The van der Waals surface area contributed by atoms with Crippen LogP contribution < -0.4 is 10.6 Å². The third-order valence-electron chi connectivity index (χ3n) is 2.58. The number of carboxylic acid groups (broad SMARTS) is 1. The van der Waals surface area contributed by atoms with Crippen LogP contribution in [0.15, 0.2) is 36.4 Å². The van der Waals surface area contributed by atoms with Gasteiger partial charge in [-0.25, -0.2) is 4.79 Å². The van der Waals surface area contributed by atoms with E-state index in [0.717, 1.165) is 16.5 Å². The number of nitrogens with one attached hydrogen (secondary N) is 2. The summed E-state index contributed by atoms with van der Waals surface area (Å²) in [7, 11) is 0. The lowest BCUT2D eigenvalue weighted by atomic mass is 10.1. The van der Waals surface area contributed by atoms with E-state index in [-0.39, 0.29) is 0 Å². The van der Waals surface area contributed by atoms with Gasteiger partial charge in [0.15, 0.2) is 0 Å². The van der Waals surface area contributed by atoms with Crippen molar-refractivity contribution in [1.82, 2.24) is 5.32 Å². The van der Waals surface area contributed by atoms with Crippen molar-refractivity contribution in [3.8, 4) is 0 Å². The summed E-state index contributed by atoms with van der Waals surface area (Å²) in [6, 6.07) is 11.7. The van der Waals surface area contributed by atoms with E-state index in [4.69, 9.17) is 16.7 Å². The topological polar surface area (TPSA) is 61.4 Å². The van der Waals surface area contributed by atoms with Crippen molar-refractivity contribution < 1.29 is 9.90 Å². The van der Waals surface area contributed by atoms with Gasteiger partial charge in [0.1, 0.15) is 0 Å². The van der Waals surface area contributed by atoms with Gasteiger partial charge in [-0.1, -0.05) is 41.9 Å². The molecule has 0 aromatic heterocycles. The first kappa shape index (κ1) is 12.5. The summed E-state index contributed by atoms with van der Waals surface area (Å²) >= 11 is 6.28. The second-order valence-corrected chi connectivity index (χ2v) is 4.18. The highest BCUT2D eigenvalue weighted by Crippen LogP contribution is 2.30. The van der Waals surface area contributed by atoms with Crippen LogP contribution in [0.3, 0.4) is 0 Å². The monoisotopic (exact) mass is 264 g/mol.